The Labute approximate surface area is 72.9 Å². The number of nitrogens with one attached hydrogen (secondary N) is 1. The fraction of sp³-hybridized carbons (Fsp3) is 0.875. The average molecular weight is 172 g/mol. The minimum atomic E-state index is -0.180. The summed E-state index contributed by atoms with van der Waals surface area (Å²) in [6, 6.07) is 0.476. The van der Waals surface area contributed by atoms with E-state index in [1.165, 1.54) is 0 Å². The zero-order valence-electron chi connectivity index (χ0n) is 7.67. The largest absolute Gasteiger partial charge is 0.448 e. The summed E-state index contributed by atoms with van der Waals surface area (Å²) in [6.45, 7) is 7.04. The molecule has 0 radical (unpaired) electrons. The highest BCUT2D eigenvalue weighted by molar-refractivity contribution is 5.69. The Hall–Kier alpha value is -0.770. The predicted octanol–water partition coefficient (Wildman–Crippen LogP) is 0.437. The first kappa shape index (κ1) is 9.32. The van der Waals surface area contributed by atoms with E-state index in [0.29, 0.717) is 12.6 Å². The first-order valence-corrected chi connectivity index (χ1v) is 4.35. The molecule has 0 saturated carbocycles. The zero-order valence-corrected chi connectivity index (χ0v) is 7.67. The number of carbonyl (C=O) groups is 1. The molecule has 12 heavy (non-hydrogen) atoms. The van der Waals surface area contributed by atoms with Crippen molar-refractivity contribution >= 4 is 6.09 Å². The van der Waals surface area contributed by atoms with Gasteiger partial charge in [-0.1, -0.05) is 13.8 Å². The van der Waals surface area contributed by atoms with Gasteiger partial charge in [-0.15, -0.1) is 0 Å². The molecule has 0 unspecified atom stereocenters. The van der Waals surface area contributed by atoms with Gasteiger partial charge >= 0.3 is 6.09 Å². The van der Waals surface area contributed by atoms with Crippen molar-refractivity contribution in [1.29, 1.82) is 0 Å². The van der Waals surface area contributed by atoms with Crippen molar-refractivity contribution < 1.29 is 9.53 Å². The maximum atomic E-state index is 10.9. The van der Waals surface area contributed by atoms with Gasteiger partial charge in [-0.05, 0) is 0 Å². The lowest BCUT2D eigenvalue weighted by Gasteiger charge is -2.14. The molecule has 1 aliphatic heterocycles. The third-order valence-electron chi connectivity index (χ3n) is 1.78. The highest BCUT2D eigenvalue weighted by Crippen LogP contribution is 2.01. The molecule has 0 aromatic carbocycles. The maximum absolute atomic E-state index is 10.9. The lowest BCUT2D eigenvalue weighted by molar-refractivity contribution is 0.158. The van der Waals surface area contributed by atoms with E-state index < -0.39 is 0 Å². The molecular formula is C8H16N2O2. The lowest BCUT2D eigenvalue weighted by atomic mass is 10.4. The van der Waals surface area contributed by atoms with Gasteiger partial charge < -0.3 is 15.0 Å². The number of hydrogen-bond donors (Lipinski definition) is 1. The lowest BCUT2D eigenvalue weighted by Crippen LogP contribution is -2.35. The molecule has 0 aromatic rings. The summed E-state index contributed by atoms with van der Waals surface area (Å²) in [5.74, 6) is 0. The second-order valence-electron chi connectivity index (χ2n) is 3.21. The van der Waals surface area contributed by atoms with Gasteiger partial charge in [0.1, 0.15) is 6.61 Å². The third-order valence-corrected chi connectivity index (χ3v) is 1.78. The summed E-state index contributed by atoms with van der Waals surface area (Å²) in [4.78, 5) is 12.6. The van der Waals surface area contributed by atoms with Gasteiger partial charge in [-0.3, -0.25) is 0 Å². The molecule has 0 bridgehead atoms. The molecule has 70 valence electrons. The molecule has 1 fully saturated rings. The van der Waals surface area contributed by atoms with E-state index >= 15 is 0 Å². The van der Waals surface area contributed by atoms with E-state index in [4.69, 9.17) is 4.74 Å². The van der Waals surface area contributed by atoms with Gasteiger partial charge in [0.25, 0.3) is 0 Å². The number of hydrogen-bond acceptors (Lipinski definition) is 3. The van der Waals surface area contributed by atoms with Crippen molar-refractivity contribution in [2.24, 2.45) is 0 Å². The number of rotatable bonds is 4. The van der Waals surface area contributed by atoms with Crippen molar-refractivity contribution in [1.82, 2.24) is 10.2 Å². The normalized spacial score (nSPS) is 17.2. The van der Waals surface area contributed by atoms with Crippen LogP contribution in [0, 0.1) is 0 Å². The van der Waals surface area contributed by atoms with E-state index in [2.05, 4.69) is 19.2 Å². The Balaban J connectivity index is 2.10. The van der Waals surface area contributed by atoms with Gasteiger partial charge in [-0.2, -0.15) is 0 Å². The summed E-state index contributed by atoms with van der Waals surface area (Å²) in [5.41, 5.74) is 0. The number of nitrogens with zero attached hydrogens (tertiary/aromatic N) is 1. The number of ether oxygens (including phenoxy) is 1. The first-order valence-electron chi connectivity index (χ1n) is 4.35. The Bertz CT molecular complexity index is 159. The Morgan fingerprint density at radius 3 is 2.92 bits per heavy atom. The minimum Gasteiger partial charge on any atom is -0.448 e. The van der Waals surface area contributed by atoms with Crippen molar-refractivity contribution in [2.75, 3.05) is 26.2 Å². The van der Waals surface area contributed by atoms with E-state index in [1.807, 2.05) is 0 Å². The van der Waals surface area contributed by atoms with Gasteiger partial charge in [0.05, 0.1) is 6.54 Å². The molecule has 0 aliphatic carbocycles. The van der Waals surface area contributed by atoms with Gasteiger partial charge in [0, 0.05) is 19.1 Å². The van der Waals surface area contributed by atoms with E-state index in [9.17, 15) is 4.79 Å². The highest BCUT2D eigenvalue weighted by Gasteiger charge is 2.20. The Morgan fingerprint density at radius 1 is 1.67 bits per heavy atom. The smallest absolute Gasteiger partial charge is 0.409 e. The molecule has 4 nitrogen and oxygen atoms in total. The SMILES string of the molecule is CC(C)NCCN1CCOC1=O. The summed E-state index contributed by atoms with van der Waals surface area (Å²) in [5, 5.41) is 3.24. The summed E-state index contributed by atoms with van der Waals surface area (Å²) in [7, 11) is 0. The van der Waals surface area contributed by atoms with Crippen LogP contribution in [0.3, 0.4) is 0 Å². The van der Waals surface area contributed by atoms with Crippen LogP contribution >= 0.6 is 0 Å². The molecular weight excluding hydrogens is 156 g/mol. The Morgan fingerprint density at radius 2 is 2.42 bits per heavy atom. The van der Waals surface area contributed by atoms with Gasteiger partial charge in [0.15, 0.2) is 0 Å². The molecule has 0 spiro atoms. The first-order chi connectivity index (χ1) is 5.70. The van der Waals surface area contributed by atoms with Gasteiger partial charge in [0.2, 0.25) is 0 Å². The van der Waals surface area contributed by atoms with Crippen LogP contribution in [0.2, 0.25) is 0 Å². The monoisotopic (exact) mass is 172 g/mol. The molecule has 0 aromatic heterocycles. The standard InChI is InChI=1S/C8H16N2O2/c1-7(2)9-3-4-10-5-6-12-8(10)11/h7,9H,3-6H2,1-2H3. The average Bonchev–Trinajstić information content (AvgIpc) is 2.36. The van der Waals surface area contributed by atoms with Crippen LogP contribution in [0.15, 0.2) is 0 Å². The molecule has 1 amide bonds. The molecule has 1 N–H and O–H groups in total. The third kappa shape index (κ3) is 2.70. The fourth-order valence-corrected chi connectivity index (χ4v) is 1.12. The quantitative estimate of drug-likeness (QED) is 0.669. The minimum absolute atomic E-state index is 0.180. The van der Waals surface area contributed by atoms with Crippen LogP contribution in [0.5, 0.6) is 0 Å². The predicted molar refractivity (Wildman–Crippen MR) is 46.1 cm³/mol. The molecule has 1 heterocycles. The summed E-state index contributed by atoms with van der Waals surface area (Å²) >= 11 is 0. The number of amides is 1. The highest BCUT2D eigenvalue weighted by atomic mass is 16.6. The second-order valence-corrected chi connectivity index (χ2v) is 3.21. The van der Waals surface area contributed by atoms with E-state index in [0.717, 1.165) is 19.6 Å². The molecule has 1 saturated heterocycles. The van der Waals surface area contributed by atoms with Crippen LogP contribution in [0.4, 0.5) is 4.79 Å². The van der Waals surface area contributed by atoms with E-state index in [-0.39, 0.29) is 6.09 Å². The van der Waals surface area contributed by atoms with Gasteiger partial charge in [-0.25, -0.2) is 4.79 Å². The van der Waals surface area contributed by atoms with Crippen molar-refractivity contribution in [3.05, 3.63) is 0 Å². The zero-order chi connectivity index (χ0) is 8.97. The summed E-state index contributed by atoms with van der Waals surface area (Å²) < 4.78 is 4.78. The fourth-order valence-electron chi connectivity index (χ4n) is 1.12. The van der Waals surface area contributed by atoms with Crippen LogP contribution in [-0.4, -0.2) is 43.3 Å². The molecule has 4 heteroatoms. The molecule has 1 rings (SSSR count). The Kier molecular flexibility index (Phi) is 3.34. The number of cyclic esters (lactones) is 1. The van der Waals surface area contributed by atoms with Crippen LogP contribution in [-0.2, 0) is 4.74 Å². The number of carbonyl (C=O) groups excluding carboxylic acids is 1. The van der Waals surface area contributed by atoms with Crippen molar-refractivity contribution in [3.8, 4) is 0 Å². The molecule has 0 atom stereocenters. The van der Waals surface area contributed by atoms with E-state index in [1.54, 1.807) is 4.90 Å². The molecule has 1 aliphatic rings. The van der Waals surface area contributed by atoms with Crippen LogP contribution < -0.4 is 5.32 Å². The maximum Gasteiger partial charge on any atom is 0.409 e. The van der Waals surface area contributed by atoms with Crippen LogP contribution in [0.1, 0.15) is 13.8 Å². The topological polar surface area (TPSA) is 41.6 Å². The van der Waals surface area contributed by atoms with Crippen molar-refractivity contribution in [2.45, 2.75) is 19.9 Å². The summed E-state index contributed by atoms with van der Waals surface area (Å²) in [6.07, 6.45) is -0.180. The van der Waals surface area contributed by atoms with Crippen molar-refractivity contribution in [3.63, 3.8) is 0 Å². The van der Waals surface area contributed by atoms with Crippen LogP contribution in [0.25, 0.3) is 0 Å². The second kappa shape index (κ2) is 4.30.